The fraction of sp³-hybridized carbons (Fsp3) is 0.0909. The predicted molar refractivity (Wildman–Crippen MR) is 72.0 cm³/mol. The Balaban J connectivity index is 1.98. The molecule has 0 aliphatic heterocycles. The van der Waals surface area contributed by atoms with Crippen molar-refractivity contribution in [2.24, 2.45) is 0 Å². The minimum Gasteiger partial charge on any atom is -0.456 e. The first-order chi connectivity index (χ1) is 9.06. The van der Waals surface area contributed by atoms with Gasteiger partial charge in [0.15, 0.2) is 0 Å². The molecular weight excluding hydrogens is 336 g/mol. The van der Waals surface area contributed by atoms with Gasteiger partial charge in [0.25, 0.3) is 5.69 Å². The van der Waals surface area contributed by atoms with Gasteiger partial charge in [0.2, 0.25) is 0 Å². The molecule has 0 unspecified atom stereocenters. The van der Waals surface area contributed by atoms with Crippen molar-refractivity contribution in [3.8, 4) is 0 Å². The first-order valence-corrected chi connectivity index (χ1v) is 6.74. The number of rotatable bonds is 4. The second-order valence-electron chi connectivity index (χ2n) is 3.49. The molecule has 0 N–H and O–H groups in total. The first-order valence-electron chi connectivity index (χ1n) is 5.07. The largest absolute Gasteiger partial charge is 0.456 e. The molecule has 0 radical (unpaired) electrons. The number of carbonyl (C=O) groups excluding carboxylic acids is 1. The lowest BCUT2D eigenvalue weighted by molar-refractivity contribution is -0.385. The number of hydrogen-bond donors (Lipinski definition) is 0. The van der Waals surface area contributed by atoms with E-state index in [1.807, 2.05) is 11.4 Å². The Bertz CT molecular complexity index is 611. The molecule has 8 heteroatoms. The number of carbonyl (C=O) groups is 1. The molecule has 0 atom stereocenters. The number of thiophene rings is 1. The third kappa shape index (κ3) is 3.58. The molecule has 0 spiro atoms. The third-order valence-electron chi connectivity index (χ3n) is 2.16. The molecule has 19 heavy (non-hydrogen) atoms. The summed E-state index contributed by atoms with van der Waals surface area (Å²) in [6, 6.07) is 4.33. The molecule has 0 fully saturated rings. The molecule has 2 heterocycles. The fourth-order valence-electron chi connectivity index (χ4n) is 1.26. The Kier molecular flexibility index (Phi) is 4.23. The van der Waals surface area contributed by atoms with Gasteiger partial charge in [-0.25, -0.2) is 9.78 Å². The van der Waals surface area contributed by atoms with Crippen LogP contribution >= 0.6 is 27.3 Å². The van der Waals surface area contributed by atoms with Gasteiger partial charge in [-0.3, -0.25) is 10.1 Å². The standard InChI is InChI=1S/C11H7BrN2O4S/c12-10-3-7(6-19-10)5-18-11(15)9-2-1-8(4-13-9)14(16)17/h1-4,6H,5H2. The summed E-state index contributed by atoms with van der Waals surface area (Å²) in [6.45, 7) is 0.138. The average molecular weight is 343 g/mol. The number of nitrogens with zero attached hydrogens (tertiary/aromatic N) is 2. The van der Waals surface area contributed by atoms with Crippen molar-refractivity contribution >= 4 is 38.9 Å². The van der Waals surface area contributed by atoms with Gasteiger partial charge in [0.05, 0.1) is 8.71 Å². The Labute approximate surface area is 120 Å². The quantitative estimate of drug-likeness (QED) is 0.484. The van der Waals surface area contributed by atoms with E-state index in [2.05, 4.69) is 20.9 Å². The number of hydrogen-bond acceptors (Lipinski definition) is 6. The van der Waals surface area contributed by atoms with Crippen molar-refractivity contribution in [2.75, 3.05) is 0 Å². The number of nitro groups is 1. The van der Waals surface area contributed by atoms with E-state index in [-0.39, 0.29) is 18.0 Å². The van der Waals surface area contributed by atoms with E-state index in [0.29, 0.717) is 0 Å². The van der Waals surface area contributed by atoms with Crippen LogP contribution in [0, 0.1) is 10.1 Å². The van der Waals surface area contributed by atoms with Gasteiger partial charge in [-0.05, 0) is 33.4 Å². The number of esters is 1. The highest BCUT2D eigenvalue weighted by Gasteiger charge is 2.12. The smallest absolute Gasteiger partial charge is 0.357 e. The first kappa shape index (κ1) is 13.6. The van der Waals surface area contributed by atoms with Crippen LogP contribution in [0.1, 0.15) is 16.1 Å². The van der Waals surface area contributed by atoms with E-state index in [1.54, 1.807) is 0 Å². The third-order valence-corrected chi connectivity index (χ3v) is 3.71. The van der Waals surface area contributed by atoms with Crippen LogP contribution in [0.2, 0.25) is 0 Å². The molecule has 6 nitrogen and oxygen atoms in total. The van der Waals surface area contributed by atoms with E-state index >= 15 is 0 Å². The highest BCUT2D eigenvalue weighted by molar-refractivity contribution is 9.11. The van der Waals surface area contributed by atoms with Crippen LogP contribution in [0.25, 0.3) is 0 Å². The zero-order valence-electron chi connectivity index (χ0n) is 9.41. The summed E-state index contributed by atoms with van der Waals surface area (Å²) in [5.41, 5.74) is 0.741. The fourth-order valence-corrected chi connectivity index (χ4v) is 2.45. The molecule has 0 bridgehead atoms. The van der Waals surface area contributed by atoms with Crippen LogP contribution in [0.5, 0.6) is 0 Å². The molecule has 2 aromatic rings. The molecule has 0 aliphatic carbocycles. The number of pyridine rings is 1. The molecule has 0 aliphatic rings. The normalized spacial score (nSPS) is 10.2. The van der Waals surface area contributed by atoms with Crippen molar-refractivity contribution in [1.82, 2.24) is 4.98 Å². The summed E-state index contributed by atoms with van der Waals surface area (Å²) < 4.78 is 5.99. The summed E-state index contributed by atoms with van der Waals surface area (Å²) in [5.74, 6) is -0.614. The summed E-state index contributed by atoms with van der Waals surface area (Å²) in [4.78, 5) is 25.2. The van der Waals surface area contributed by atoms with E-state index in [9.17, 15) is 14.9 Å². The minimum atomic E-state index is -0.614. The van der Waals surface area contributed by atoms with Crippen LogP contribution < -0.4 is 0 Å². The summed E-state index contributed by atoms with van der Waals surface area (Å²) >= 11 is 4.80. The predicted octanol–water partition coefficient (Wildman–Crippen LogP) is 3.17. The van der Waals surface area contributed by atoms with Gasteiger partial charge in [0, 0.05) is 11.6 Å². The number of halogens is 1. The monoisotopic (exact) mass is 342 g/mol. The van der Waals surface area contributed by atoms with Gasteiger partial charge >= 0.3 is 5.97 Å². The van der Waals surface area contributed by atoms with Crippen LogP contribution in [0.15, 0.2) is 33.6 Å². The highest BCUT2D eigenvalue weighted by atomic mass is 79.9. The van der Waals surface area contributed by atoms with Crippen molar-refractivity contribution in [3.63, 3.8) is 0 Å². The van der Waals surface area contributed by atoms with Gasteiger partial charge in [-0.15, -0.1) is 11.3 Å². The molecule has 0 saturated carbocycles. The Morgan fingerprint density at radius 3 is 2.84 bits per heavy atom. The van der Waals surface area contributed by atoms with Crippen LogP contribution in [0.3, 0.4) is 0 Å². The SMILES string of the molecule is O=C(OCc1csc(Br)c1)c1ccc([N+](=O)[O-])cn1. The number of ether oxygens (including phenoxy) is 1. The zero-order chi connectivity index (χ0) is 13.8. The van der Waals surface area contributed by atoms with Crippen LogP contribution in [0.4, 0.5) is 5.69 Å². The Hall–Kier alpha value is -1.80. The van der Waals surface area contributed by atoms with Gasteiger partial charge in [0.1, 0.15) is 18.5 Å². The number of aromatic nitrogens is 1. The van der Waals surface area contributed by atoms with Crippen molar-refractivity contribution in [2.45, 2.75) is 6.61 Å². The topological polar surface area (TPSA) is 82.3 Å². The molecule has 98 valence electrons. The van der Waals surface area contributed by atoms with Crippen LogP contribution in [-0.4, -0.2) is 15.9 Å². The maximum atomic E-state index is 11.6. The van der Waals surface area contributed by atoms with Crippen molar-refractivity contribution < 1.29 is 14.5 Å². The molecule has 0 amide bonds. The Morgan fingerprint density at radius 2 is 2.32 bits per heavy atom. The lowest BCUT2D eigenvalue weighted by Gasteiger charge is -2.02. The van der Waals surface area contributed by atoms with Gasteiger partial charge in [-0.2, -0.15) is 0 Å². The molecule has 0 saturated heterocycles. The second-order valence-corrected chi connectivity index (χ2v) is 5.78. The lowest BCUT2D eigenvalue weighted by atomic mass is 10.3. The summed E-state index contributed by atoms with van der Waals surface area (Å²) in [6.07, 6.45) is 1.03. The van der Waals surface area contributed by atoms with Gasteiger partial charge < -0.3 is 4.74 Å². The van der Waals surface area contributed by atoms with Gasteiger partial charge in [-0.1, -0.05) is 0 Å². The Morgan fingerprint density at radius 1 is 1.53 bits per heavy atom. The maximum absolute atomic E-state index is 11.6. The second kappa shape index (κ2) is 5.89. The van der Waals surface area contributed by atoms with E-state index < -0.39 is 10.9 Å². The van der Waals surface area contributed by atoms with E-state index in [0.717, 1.165) is 15.5 Å². The van der Waals surface area contributed by atoms with Crippen LogP contribution in [-0.2, 0) is 11.3 Å². The van der Waals surface area contributed by atoms with E-state index in [4.69, 9.17) is 4.74 Å². The highest BCUT2D eigenvalue weighted by Crippen LogP contribution is 2.21. The molecule has 2 rings (SSSR count). The zero-order valence-corrected chi connectivity index (χ0v) is 11.8. The maximum Gasteiger partial charge on any atom is 0.357 e. The molecule has 0 aromatic carbocycles. The summed E-state index contributed by atoms with van der Waals surface area (Å²) in [7, 11) is 0. The summed E-state index contributed by atoms with van der Waals surface area (Å²) in [5, 5.41) is 12.3. The lowest BCUT2D eigenvalue weighted by Crippen LogP contribution is -2.07. The van der Waals surface area contributed by atoms with E-state index in [1.165, 1.54) is 23.5 Å². The average Bonchev–Trinajstić information content (AvgIpc) is 2.82. The van der Waals surface area contributed by atoms with Crippen molar-refractivity contribution in [3.05, 3.63) is 54.9 Å². The van der Waals surface area contributed by atoms with Crippen molar-refractivity contribution in [1.29, 1.82) is 0 Å². The minimum absolute atomic E-state index is 0.0416. The molecular formula is C11H7BrN2O4S. The molecule has 2 aromatic heterocycles.